The van der Waals surface area contributed by atoms with Crippen LogP contribution in [0.15, 0.2) is 28.9 Å². The van der Waals surface area contributed by atoms with Crippen molar-refractivity contribution >= 4 is 39.8 Å². The zero-order chi connectivity index (χ0) is 10.8. The van der Waals surface area contributed by atoms with E-state index in [0.29, 0.717) is 9.49 Å². The van der Waals surface area contributed by atoms with E-state index < -0.39 is 0 Å². The Morgan fingerprint density at radius 3 is 3.00 bits per heavy atom. The van der Waals surface area contributed by atoms with Crippen molar-refractivity contribution in [2.24, 2.45) is 0 Å². The fourth-order valence-corrected chi connectivity index (χ4v) is 2.15. The average Bonchev–Trinajstić information content (AvgIpc) is 2.71. The number of carbonyl (C=O) groups is 1. The van der Waals surface area contributed by atoms with Gasteiger partial charge in [0.2, 0.25) is 0 Å². The standard InChI is InChI=1S/C12H11IO2/c1-2-10(13)9-7-15-11-5-3-4-8(6-14)12(9)11/h3-7,10H,2H2,1H3. The molecule has 2 aromatic rings. The maximum atomic E-state index is 10.9. The van der Waals surface area contributed by atoms with E-state index in [0.717, 1.165) is 29.2 Å². The van der Waals surface area contributed by atoms with Crippen LogP contribution in [0.5, 0.6) is 0 Å². The zero-order valence-electron chi connectivity index (χ0n) is 8.37. The average molecular weight is 314 g/mol. The summed E-state index contributed by atoms with van der Waals surface area (Å²) in [6.45, 7) is 2.12. The summed E-state index contributed by atoms with van der Waals surface area (Å²) in [5, 5.41) is 0.966. The van der Waals surface area contributed by atoms with Crippen LogP contribution in [0.2, 0.25) is 0 Å². The van der Waals surface area contributed by atoms with Gasteiger partial charge in [0, 0.05) is 20.4 Å². The molecular weight excluding hydrogens is 303 g/mol. The summed E-state index contributed by atoms with van der Waals surface area (Å²) in [6.07, 6.45) is 3.68. The van der Waals surface area contributed by atoms with E-state index in [1.165, 1.54) is 0 Å². The molecule has 1 atom stereocenters. The molecule has 0 radical (unpaired) electrons. The van der Waals surface area contributed by atoms with E-state index in [4.69, 9.17) is 4.42 Å². The molecule has 0 fully saturated rings. The lowest BCUT2D eigenvalue weighted by molar-refractivity contribution is 0.112. The van der Waals surface area contributed by atoms with Gasteiger partial charge in [0.25, 0.3) is 0 Å². The first-order chi connectivity index (χ1) is 7.27. The fourth-order valence-electron chi connectivity index (χ4n) is 1.69. The lowest BCUT2D eigenvalue weighted by Crippen LogP contribution is -1.88. The Labute approximate surface area is 102 Å². The Kier molecular flexibility index (Phi) is 3.09. The van der Waals surface area contributed by atoms with Crippen LogP contribution in [0.3, 0.4) is 0 Å². The SMILES string of the molecule is CCC(I)c1coc2cccc(C=O)c12. The number of hydrogen-bond acceptors (Lipinski definition) is 2. The number of rotatable bonds is 3. The second-order valence-corrected chi connectivity index (χ2v) is 4.91. The van der Waals surface area contributed by atoms with Crippen LogP contribution >= 0.6 is 22.6 Å². The first kappa shape index (κ1) is 10.7. The summed E-state index contributed by atoms with van der Waals surface area (Å²) in [4.78, 5) is 10.9. The van der Waals surface area contributed by atoms with E-state index in [1.54, 1.807) is 6.26 Å². The van der Waals surface area contributed by atoms with E-state index in [1.807, 2.05) is 18.2 Å². The molecule has 1 aromatic carbocycles. The van der Waals surface area contributed by atoms with Crippen molar-refractivity contribution in [3.63, 3.8) is 0 Å². The minimum atomic E-state index is 0.393. The van der Waals surface area contributed by atoms with Crippen molar-refractivity contribution in [3.8, 4) is 0 Å². The quantitative estimate of drug-likeness (QED) is 0.484. The van der Waals surface area contributed by atoms with E-state index >= 15 is 0 Å². The molecule has 0 aliphatic heterocycles. The number of carbonyl (C=O) groups excluding carboxylic acids is 1. The molecule has 0 aliphatic carbocycles. The molecule has 15 heavy (non-hydrogen) atoms. The number of fused-ring (bicyclic) bond motifs is 1. The summed E-state index contributed by atoms with van der Waals surface area (Å²) in [7, 11) is 0. The minimum Gasteiger partial charge on any atom is -0.464 e. The highest BCUT2D eigenvalue weighted by atomic mass is 127. The van der Waals surface area contributed by atoms with Gasteiger partial charge in [-0.1, -0.05) is 41.6 Å². The minimum absolute atomic E-state index is 0.393. The van der Waals surface area contributed by atoms with Gasteiger partial charge in [-0.15, -0.1) is 0 Å². The van der Waals surface area contributed by atoms with Crippen LogP contribution in [0, 0.1) is 0 Å². The molecule has 0 saturated carbocycles. The van der Waals surface area contributed by atoms with Crippen LogP contribution in [0.25, 0.3) is 11.0 Å². The first-order valence-corrected chi connectivity index (χ1v) is 6.11. The van der Waals surface area contributed by atoms with E-state index in [-0.39, 0.29) is 0 Å². The smallest absolute Gasteiger partial charge is 0.150 e. The van der Waals surface area contributed by atoms with Gasteiger partial charge in [-0.3, -0.25) is 4.79 Å². The lowest BCUT2D eigenvalue weighted by Gasteiger charge is -2.04. The number of benzene rings is 1. The summed E-state index contributed by atoms with van der Waals surface area (Å²) in [5.74, 6) is 0. The van der Waals surface area contributed by atoms with Crippen molar-refractivity contribution in [3.05, 3.63) is 35.6 Å². The molecular formula is C12H11IO2. The number of alkyl halides is 1. The second-order valence-electron chi connectivity index (χ2n) is 3.41. The lowest BCUT2D eigenvalue weighted by atomic mass is 10.0. The number of halogens is 1. The predicted octanol–water partition coefficient (Wildman–Crippen LogP) is 4.13. The van der Waals surface area contributed by atoms with Gasteiger partial charge >= 0.3 is 0 Å². The maximum absolute atomic E-state index is 10.9. The molecule has 0 bridgehead atoms. The second kappa shape index (κ2) is 4.35. The van der Waals surface area contributed by atoms with Gasteiger partial charge in [0.05, 0.1) is 6.26 Å². The highest BCUT2D eigenvalue weighted by molar-refractivity contribution is 14.1. The molecule has 1 aromatic heterocycles. The van der Waals surface area contributed by atoms with Crippen molar-refractivity contribution in [2.45, 2.75) is 17.3 Å². The molecule has 2 rings (SSSR count). The largest absolute Gasteiger partial charge is 0.464 e. The monoisotopic (exact) mass is 314 g/mol. The van der Waals surface area contributed by atoms with Gasteiger partial charge in [-0.2, -0.15) is 0 Å². The first-order valence-electron chi connectivity index (χ1n) is 4.87. The highest BCUT2D eigenvalue weighted by Crippen LogP contribution is 2.35. The third-order valence-corrected chi connectivity index (χ3v) is 4.03. The van der Waals surface area contributed by atoms with E-state index in [9.17, 15) is 4.79 Å². The Morgan fingerprint density at radius 2 is 2.33 bits per heavy atom. The molecule has 0 saturated heterocycles. The maximum Gasteiger partial charge on any atom is 0.150 e. The molecule has 78 valence electrons. The normalized spacial score (nSPS) is 12.9. The number of hydrogen-bond donors (Lipinski definition) is 0. The Morgan fingerprint density at radius 1 is 1.53 bits per heavy atom. The summed E-state index contributed by atoms with van der Waals surface area (Å²) in [6, 6.07) is 5.56. The van der Waals surface area contributed by atoms with Crippen LogP contribution in [-0.4, -0.2) is 6.29 Å². The molecule has 2 nitrogen and oxygen atoms in total. The van der Waals surface area contributed by atoms with Crippen LogP contribution < -0.4 is 0 Å². The predicted molar refractivity (Wildman–Crippen MR) is 68.7 cm³/mol. The fraction of sp³-hybridized carbons (Fsp3) is 0.250. The van der Waals surface area contributed by atoms with Gasteiger partial charge < -0.3 is 4.42 Å². The Hall–Kier alpha value is -0.840. The molecule has 0 spiro atoms. The molecule has 0 amide bonds. The van der Waals surface area contributed by atoms with Gasteiger partial charge in [-0.05, 0) is 12.5 Å². The summed E-state index contributed by atoms with van der Waals surface area (Å²) >= 11 is 2.37. The van der Waals surface area contributed by atoms with Crippen LogP contribution in [-0.2, 0) is 0 Å². The van der Waals surface area contributed by atoms with Crippen molar-refractivity contribution in [2.75, 3.05) is 0 Å². The molecule has 1 unspecified atom stereocenters. The third-order valence-electron chi connectivity index (χ3n) is 2.48. The third kappa shape index (κ3) is 1.80. The molecule has 0 N–H and O–H groups in total. The Bertz CT molecular complexity index is 487. The van der Waals surface area contributed by atoms with E-state index in [2.05, 4.69) is 29.5 Å². The van der Waals surface area contributed by atoms with Crippen molar-refractivity contribution in [1.82, 2.24) is 0 Å². The van der Waals surface area contributed by atoms with Gasteiger partial charge in [0.15, 0.2) is 6.29 Å². The van der Waals surface area contributed by atoms with Crippen molar-refractivity contribution in [1.29, 1.82) is 0 Å². The summed E-state index contributed by atoms with van der Waals surface area (Å²) < 4.78 is 5.84. The topological polar surface area (TPSA) is 30.2 Å². The van der Waals surface area contributed by atoms with Gasteiger partial charge in [-0.25, -0.2) is 0 Å². The van der Waals surface area contributed by atoms with Gasteiger partial charge in [0.1, 0.15) is 5.58 Å². The zero-order valence-corrected chi connectivity index (χ0v) is 10.5. The Balaban J connectivity index is 2.70. The summed E-state index contributed by atoms with van der Waals surface area (Å²) in [5.41, 5.74) is 2.63. The molecule has 0 aliphatic rings. The van der Waals surface area contributed by atoms with Crippen molar-refractivity contribution < 1.29 is 9.21 Å². The molecule has 3 heteroatoms. The van der Waals surface area contributed by atoms with Crippen LogP contribution in [0.1, 0.15) is 33.2 Å². The number of furan rings is 1. The number of aldehydes is 1. The van der Waals surface area contributed by atoms with Crippen LogP contribution in [0.4, 0.5) is 0 Å². The molecule has 1 heterocycles. The highest BCUT2D eigenvalue weighted by Gasteiger charge is 2.15.